The van der Waals surface area contributed by atoms with Crippen LogP contribution in [-0.4, -0.2) is 0 Å². The zero-order chi connectivity index (χ0) is 10.6. The number of rotatable bonds is 3. The van der Waals surface area contributed by atoms with Gasteiger partial charge >= 0.3 is 0 Å². The summed E-state index contributed by atoms with van der Waals surface area (Å²) in [6.07, 6.45) is 0. The van der Waals surface area contributed by atoms with Crippen molar-refractivity contribution >= 4 is 11.3 Å². The lowest BCUT2D eigenvalue weighted by molar-refractivity contribution is 0.858. The van der Waals surface area contributed by atoms with Gasteiger partial charge < -0.3 is 0 Å². The summed E-state index contributed by atoms with van der Waals surface area (Å²) in [6.45, 7) is 8.20. The van der Waals surface area contributed by atoms with Crippen molar-refractivity contribution in [2.24, 2.45) is 11.0 Å². The summed E-state index contributed by atoms with van der Waals surface area (Å²) in [5, 5.41) is 3.50. The molecule has 0 spiro atoms. The van der Waals surface area contributed by atoms with E-state index in [0.717, 1.165) is 11.1 Å². The second-order valence-corrected chi connectivity index (χ2v) is 3.42. The Balaban J connectivity index is 2.93. The minimum atomic E-state index is 0.431. The van der Waals surface area contributed by atoms with Crippen molar-refractivity contribution in [1.82, 2.24) is 0 Å². The normalized spacial score (nSPS) is 9.64. The number of hydrogen-bond acceptors (Lipinski definition) is 1. The number of azide groups is 1. The van der Waals surface area contributed by atoms with Crippen LogP contribution in [0.3, 0.4) is 0 Å². The van der Waals surface area contributed by atoms with Crippen molar-refractivity contribution in [3.63, 3.8) is 0 Å². The third kappa shape index (κ3) is 2.38. The molecule has 72 valence electrons. The van der Waals surface area contributed by atoms with Crippen LogP contribution in [0.1, 0.15) is 19.4 Å². The highest BCUT2D eigenvalue weighted by Crippen LogP contribution is 2.23. The maximum absolute atomic E-state index is 8.23. The van der Waals surface area contributed by atoms with Crippen LogP contribution in [0, 0.1) is 5.92 Å². The maximum atomic E-state index is 8.23. The lowest BCUT2D eigenvalue weighted by atomic mass is 9.97. The van der Waals surface area contributed by atoms with Gasteiger partial charge in [-0.3, -0.25) is 0 Å². The van der Waals surface area contributed by atoms with Crippen molar-refractivity contribution in [3.05, 3.63) is 46.9 Å². The SMILES string of the molecule is C=C(c1ccc(N=[N+]=[N-])cc1)C(C)C. The first-order valence-corrected chi connectivity index (χ1v) is 4.49. The maximum Gasteiger partial charge on any atom is 0.0375 e. The topological polar surface area (TPSA) is 48.8 Å². The average Bonchev–Trinajstić information content (AvgIpc) is 2.18. The highest BCUT2D eigenvalue weighted by molar-refractivity contribution is 5.65. The van der Waals surface area contributed by atoms with Gasteiger partial charge in [-0.15, -0.1) is 0 Å². The summed E-state index contributed by atoms with van der Waals surface area (Å²) in [5.41, 5.74) is 11.0. The Bertz CT molecular complexity index is 370. The molecule has 0 aromatic heterocycles. The molecule has 0 aliphatic heterocycles. The van der Waals surface area contributed by atoms with Gasteiger partial charge in [-0.2, -0.15) is 0 Å². The molecule has 0 bridgehead atoms. The van der Waals surface area contributed by atoms with Crippen molar-refractivity contribution in [1.29, 1.82) is 0 Å². The Kier molecular flexibility index (Phi) is 3.32. The largest absolute Gasteiger partial charge is 0.0950 e. The average molecular weight is 187 g/mol. The molecular weight excluding hydrogens is 174 g/mol. The lowest BCUT2D eigenvalue weighted by Crippen LogP contribution is -1.90. The third-order valence-electron chi connectivity index (χ3n) is 2.10. The van der Waals surface area contributed by atoms with Crippen molar-refractivity contribution < 1.29 is 0 Å². The molecule has 14 heavy (non-hydrogen) atoms. The fourth-order valence-electron chi connectivity index (χ4n) is 1.13. The monoisotopic (exact) mass is 187 g/mol. The fourth-order valence-corrected chi connectivity index (χ4v) is 1.13. The van der Waals surface area contributed by atoms with Gasteiger partial charge in [0, 0.05) is 10.6 Å². The van der Waals surface area contributed by atoms with E-state index in [0.29, 0.717) is 11.6 Å². The van der Waals surface area contributed by atoms with Crippen molar-refractivity contribution in [2.75, 3.05) is 0 Å². The van der Waals surface area contributed by atoms with Gasteiger partial charge in [0.25, 0.3) is 0 Å². The van der Waals surface area contributed by atoms with E-state index in [1.165, 1.54) is 0 Å². The Morgan fingerprint density at radius 2 is 1.93 bits per heavy atom. The minimum absolute atomic E-state index is 0.431. The summed E-state index contributed by atoms with van der Waals surface area (Å²) in [7, 11) is 0. The Hall–Kier alpha value is -1.73. The molecule has 0 unspecified atom stereocenters. The van der Waals surface area contributed by atoms with Gasteiger partial charge in [0.1, 0.15) is 0 Å². The van der Waals surface area contributed by atoms with Crippen LogP contribution in [0.5, 0.6) is 0 Å². The predicted octanol–water partition coefficient (Wildman–Crippen LogP) is 4.30. The summed E-state index contributed by atoms with van der Waals surface area (Å²) < 4.78 is 0. The Morgan fingerprint density at radius 3 is 2.36 bits per heavy atom. The predicted molar refractivity (Wildman–Crippen MR) is 59.1 cm³/mol. The molecule has 3 heteroatoms. The number of hydrogen-bond donors (Lipinski definition) is 0. The lowest BCUT2D eigenvalue weighted by Gasteiger charge is -2.09. The van der Waals surface area contributed by atoms with Crippen LogP contribution in [0.15, 0.2) is 36.0 Å². The van der Waals surface area contributed by atoms with Crippen LogP contribution in [-0.2, 0) is 0 Å². The Labute approximate surface area is 83.7 Å². The first-order valence-electron chi connectivity index (χ1n) is 4.49. The zero-order valence-corrected chi connectivity index (χ0v) is 8.44. The molecule has 0 heterocycles. The van der Waals surface area contributed by atoms with Crippen molar-refractivity contribution in [3.8, 4) is 0 Å². The van der Waals surface area contributed by atoms with E-state index >= 15 is 0 Å². The van der Waals surface area contributed by atoms with Crippen LogP contribution in [0.2, 0.25) is 0 Å². The van der Waals surface area contributed by atoms with Crippen LogP contribution in [0.25, 0.3) is 16.0 Å². The summed E-state index contributed by atoms with van der Waals surface area (Å²) in [5.74, 6) is 0.431. The first-order chi connectivity index (χ1) is 6.65. The molecule has 3 nitrogen and oxygen atoms in total. The molecule has 0 atom stereocenters. The zero-order valence-electron chi connectivity index (χ0n) is 8.44. The van der Waals surface area contributed by atoms with Gasteiger partial charge in [-0.05, 0) is 22.6 Å². The molecule has 0 amide bonds. The van der Waals surface area contributed by atoms with Crippen LogP contribution >= 0.6 is 0 Å². The minimum Gasteiger partial charge on any atom is -0.0950 e. The third-order valence-corrected chi connectivity index (χ3v) is 2.10. The molecular formula is C11H13N3. The van der Waals surface area contributed by atoms with Gasteiger partial charge in [0.15, 0.2) is 0 Å². The quantitative estimate of drug-likeness (QED) is 0.385. The van der Waals surface area contributed by atoms with E-state index in [2.05, 4.69) is 30.5 Å². The van der Waals surface area contributed by atoms with Crippen molar-refractivity contribution in [2.45, 2.75) is 13.8 Å². The van der Waals surface area contributed by atoms with E-state index in [4.69, 9.17) is 5.53 Å². The molecule has 0 fully saturated rings. The summed E-state index contributed by atoms with van der Waals surface area (Å²) in [6, 6.07) is 7.43. The molecule has 1 rings (SSSR count). The number of benzene rings is 1. The molecule has 0 saturated carbocycles. The second kappa shape index (κ2) is 4.49. The number of nitrogens with zero attached hydrogens (tertiary/aromatic N) is 3. The van der Waals surface area contributed by atoms with E-state index in [1.807, 2.05) is 12.1 Å². The molecule has 0 radical (unpaired) electrons. The summed E-state index contributed by atoms with van der Waals surface area (Å²) >= 11 is 0. The fraction of sp³-hybridized carbons (Fsp3) is 0.273. The van der Waals surface area contributed by atoms with E-state index in [9.17, 15) is 0 Å². The van der Waals surface area contributed by atoms with Gasteiger partial charge in [-0.25, -0.2) is 0 Å². The van der Waals surface area contributed by atoms with Crippen LogP contribution < -0.4 is 0 Å². The molecule has 0 aliphatic carbocycles. The standard InChI is InChI=1S/C11H13N3/c1-8(2)9(3)10-4-6-11(7-5-10)13-14-12/h4-8H,3H2,1-2H3. The second-order valence-electron chi connectivity index (χ2n) is 3.42. The van der Waals surface area contributed by atoms with Gasteiger partial charge in [-0.1, -0.05) is 49.8 Å². The van der Waals surface area contributed by atoms with Gasteiger partial charge in [0.2, 0.25) is 0 Å². The smallest absolute Gasteiger partial charge is 0.0375 e. The molecule has 1 aromatic carbocycles. The van der Waals surface area contributed by atoms with Gasteiger partial charge in [0.05, 0.1) is 0 Å². The number of allylic oxidation sites excluding steroid dienone is 1. The highest BCUT2D eigenvalue weighted by atomic mass is 15.1. The van der Waals surface area contributed by atoms with Crippen LogP contribution in [0.4, 0.5) is 5.69 Å². The highest BCUT2D eigenvalue weighted by Gasteiger charge is 2.02. The first kappa shape index (κ1) is 10.4. The van der Waals surface area contributed by atoms with E-state index in [1.54, 1.807) is 12.1 Å². The Morgan fingerprint density at radius 1 is 1.36 bits per heavy atom. The van der Waals surface area contributed by atoms with E-state index < -0.39 is 0 Å². The summed E-state index contributed by atoms with van der Waals surface area (Å²) in [4.78, 5) is 2.72. The molecule has 1 aromatic rings. The van der Waals surface area contributed by atoms with E-state index in [-0.39, 0.29) is 0 Å². The molecule has 0 saturated heterocycles. The molecule has 0 N–H and O–H groups in total. The molecule has 0 aliphatic rings.